The van der Waals surface area contributed by atoms with Gasteiger partial charge in [0.25, 0.3) is 5.91 Å². The molecule has 1 aliphatic carbocycles. The molecule has 160 valence electrons. The van der Waals surface area contributed by atoms with Crippen LogP contribution >= 0.6 is 0 Å². The van der Waals surface area contributed by atoms with E-state index in [-0.39, 0.29) is 5.91 Å². The Hall–Kier alpha value is -3.00. The van der Waals surface area contributed by atoms with Crippen molar-refractivity contribution in [1.82, 2.24) is 26.4 Å². The first-order valence-corrected chi connectivity index (χ1v) is 10.5. The van der Waals surface area contributed by atoms with E-state index in [1.165, 1.54) is 0 Å². The molecule has 8 nitrogen and oxygen atoms in total. The molecule has 1 fully saturated rings. The summed E-state index contributed by atoms with van der Waals surface area (Å²) in [5, 5.41) is 9.44. The fourth-order valence-electron chi connectivity index (χ4n) is 4.39. The molecule has 1 aromatic heterocycles. The van der Waals surface area contributed by atoms with Gasteiger partial charge in [0, 0.05) is 30.8 Å². The van der Waals surface area contributed by atoms with E-state index in [1.807, 2.05) is 49.3 Å². The smallest absolute Gasteiger partial charge is 0.253 e. The molecule has 1 aromatic carbocycles. The molecule has 1 saturated carbocycles. The van der Waals surface area contributed by atoms with E-state index in [4.69, 9.17) is 4.74 Å². The summed E-state index contributed by atoms with van der Waals surface area (Å²) in [5.41, 5.74) is 9.19. The molecule has 0 unspecified atom stereocenters. The molecule has 1 amide bonds. The lowest BCUT2D eigenvalue weighted by atomic mass is 9.81. The lowest BCUT2D eigenvalue weighted by molar-refractivity contribution is 0.0943. The number of H-pyrrole nitrogens is 1. The quantitative estimate of drug-likeness (QED) is 0.588. The van der Waals surface area contributed by atoms with Crippen LogP contribution in [-0.2, 0) is 0 Å². The number of ether oxygens (including phenoxy) is 1. The van der Waals surface area contributed by atoms with E-state index >= 15 is 0 Å². The number of carbonyl (C=O) groups is 1. The third-order valence-corrected chi connectivity index (χ3v) is 6.05. The first kappa shape index (κ1) is 20.3. The molecule has 0 bridgehead atoms. The van der Waals surface area contributed by atoms with Gasteiger partial charge in [-0.1, -0.05) is 12.1 Å². The maximum absolute atomic E-state index is 13.0. The maximum atomic E-state index is 13.0. The van der Waals surface area contributed by atoms with Crippen molar-refractivity contribution in [2.45, 2.75) is 32.6 Å². The van der Waals surface area contributed by atoms with Crippen molar-refractivity contribution >= 4 is 11.7 Å². The summed E-state index contributed by atoms with van der Waals surface area (Å²) >= 11 is 0. The highest BCUT2D eigenvalue weighted by Gasteiger charge is 2.29. The minimum absolute atomic E-state index is 0.0346. The Morgan fingerprint density at radius 1 is 1.27 bits per heavy atom. The van der Waals surface area contributed by atoms with Gasteiger partial charge in [-0.05, 0) is 56.7 Å². The zero-order valence-corrected chi connectivity index (χ0v) is 17.8. The third kappa shape index (κ3) is 4.28. The van der Waals surface area contributed by atoms with Crippen molar-refractivity contribution in [1.29, 1.82) is 0 Å². The van der Waals surface area contributed by atoms with Gasteiger partial charge in [0.1, 0.15) is 11.6 Å². The van der Waals surface area contributed by atoms with E-state index in [0.717, 1.165) is 54.2 Å². The molecule has 8 heteroatoms. The van der Waals surface area contributed by atoms with Crippen LogP contribution in [0.4, 0.5) is 0 Å². The number of aryl methyl sites for hydroxylation is 1. The Morgan fingerprint density at radius 2 is 2.07 bits per heavy atom. The lowest BCUT2D eigenvalue weighted by Crippen LogP contribution is -2.41. The average molecular weight is 411 g/mol. The Bertz CT molecular complexity index is 929. The number of aromatic nitrogens is 1. The van der Waals surface area contributed by atoms with Gasteiger partial charge in [-0.2, -0.15) is 0 Å². The van der Waals surface area contributed by atoms with Gasteiger partial charge in [0.05, 0.1) is 18.4 Å². The summed E-state index contributed by atoms with van der Waals surface area (Å²) < 4.78 is 5.33. The summed E-state index contributed by atoms with van der Waals surface area (Å²) in [6.45, 7) is 2.67. The minimum atomic E-state index is -0.0346. The number of hydrogen-bond acceptors (Lipinski definition) is 6. The number of hydrazone groups is 1. The van der Waals surface area contributed by atoms with Crippen molar-refractivity contribution < 1.29 is 9.53 Å². The van der Waals surface area contributed by atoms with Crippen LogP contribution in [0.1, 0.15) is 41.7 Å². The Morgan fingerprint density at radius 3 is 2.77 bits per heavy atom. The second-order valence-corrected chi connectivity index (χ2v) is 8.15. The topological polar surface area (TPSA) is 93.8 Å². The third-order valence-electron chi connectivity index (χ3n) is 6.05. The van der Waals surface area contributed by atoms with Gasteiger partial charge < -0.3 is 15.0 Å². The number of aromatic amines is 1. The van der Waals surface area contributed by atoms with Gasteiger partial charge in [-0.15, -0.1) is 10.6 Å². The number of benzene rings is 1. The van der Waals surface area contributed by atoms with Crippen LogP contribution in [0, 0.1) is 18.8 Å². The molecule has 2 heterocycles. The predicted octanol–water partition coefficient (Wildman–Crippen LogP) is 2.80. The highest BCUT2D eigenvalue weighted by atomic mass is 16.5. The minimum Gasteiger partial charge on any atom is -0.497 e. The van der Waals surface area contributed by atoms with Gasteiger partial charge in [0.15, 0.2) is 0 Å². The van der Waals surface area contributed by atoms with Crippen molar-refractivity contribution in [2.75, 3.05) is 20.7 Å². The van der Waals surface area contributed by atoms with Gasteiger partial charge in [-0.3, -0.25) is 9.80 Å². The number of carbonyl (C=O) groups excluding carboxylic acids is 1. The fourth-order valence-corrected chi connectivity index (χ4v) is 4.39. The van der Waals surface area contributed by atoms with Crippen LogP contribution in [0.3, 0.4) is 0 Å². The molecule has 0 radical (unpaired) electrons. The van der Waals surface area contributed by atoms with Crippen molar-refractivity contribution in [2.24, 2.45) is 16.9 Å². The molecule has 2 aliphatic rings. The zero-order chi connectivity index (χ0) is 21.1. The summed E-state index contributed by atoms with van der Waals surface area (Å²) in [5.74, 6) is 2.77. The van der Waals surface area contributed by atoms with Crippen molar-refractivity contribution in [3.8, 4) is 17.0 Å². The fraction of sp³-hybridized carbons (Fsp3) is 0.455. The van der Waals surface area contributed by atoms with E-state index in [2.05, 4.69) is 26.5 Å². The van der Waals surface area contributed by atoms with Gasteiger partial charge >= 0.3 is 0 Å². The van der Waals surface area contributed by atoms with Gasteiger partial charge in [-0.25, -0.2) is 5.53 Å². The van der Waals surface area contributed by atoms with Crippen molar-refractivity contribution in [3.63, 3.8) is 0 Å². The summed E-state index contributed by atoms with van der Waals surface area (Å²) in [6.07, 6.45) is 4.36. The van der Waals surface area contributed by atoms with Gasteiger partial charge in [0.2, 0.25) is 0 Å². The Balaban J connectivity index is 1.36. The second kappa shape index (κ2) is 8.79. The molecule has 30 heavy (non-hydrogen) atoms. The second-order valence-electron chi connectivity index (χ2n) is 8.15. The summed E-state index contributed by atoms with van der Waals surface area (Å²) in [4.78, 5) is 16.3. The highest BCUT2D eigenvalue weighted by Crippen LogP contribution is 2.31. The van der Waals surface area contributed by atoms with Crippen LogP contribution in [-0.4, -0.2) is 42.4 Å². The normalized spacial score (nSPS) is 21.2. The number of amidine groups is 1. The largest absolute Gasteiger partial charge is 0.497 e. The molecule has 0 atom stereocenters. The number of methoxy groups -OCH3 is 1. The first-order valence-electron chi connectivity index (χ1n) is 10.5. The van der Waals surface area contributed by atoms with E-state index in [9.17, 15) is 4.79 Å². The standard InChI is InChI=1S/C22H30N6O2/c1-14-11-19(20(24-14)17-5-4-6-18(12-17)30-3)22(29)23-13-15-7-9-16(10-8-15)21-25-26-27-28(21)2/h4-6,11-12,15-16,24,26-27H,7-10,13H2,1-3H3,(H,23,29). The lowest BCUT2D eigenvalue weighted by Gasteiger charge is -2.30. The first-order chi connectivity index (χ1) is 14.5. The monoisotopic (exact) mass is 410 g/mol. The average Bonchev–Trinajstić information content (AvgIpc) is 3.38. The predicted molar refractivity (Wildman–Crippen MR) is 117 cm³/mol. The number of rotatable bonds is 6. The SMILES string of the molecule is COc1cccc(-c2[nH]c(C)cc2C(=O)NCC2CCC(C3=NNNN3C)CC2)c1. The Labute approximate surface area is 177 Å². The molecule has 0 spiro atoms. The zero-order valence-electron chi connectivity index (χ0n) is 17.8. The van der Waals surface area contributed by atoms with Crippen LogP contribution in [0.15, 0.2) is 35.4 Å². The summed E-state index contributed by atoms with van der Waals surface area (Å²) in [7, 11) is 3.62. The molecular formula is C22H30N6O2. The number of amides is 1. The molecule has 0 saturated heterocycles. The molecule has 2 aromatic rings. The van der Waals surface area contributed by atoms with Crippen LogP contribution in [0.5, 0.6) is 5.75 Å². The summed E-state index contributed by atoms with van der Waals surface area (Å²) in [6, 6.07) is 9.67. The molecule has 1 aliphatic heterocycles. The maximum Gasteiger partial charge on any atom is 0.253 e. The van der Waals surface area contributed by atoms with E-state index < -0.39 is 0 Å². The number of nitrogens with one attached hydrogen (secondary N) is 4. The molecular weight excluding hydrogens is 380 g/mol. The highest BCUT2D eigenvalue weighted by molar-refractivity contribution is 6.00. The van der Waals surface area contributed by atoms with Crippen LogP contribution < -0.4 is 21.1 Å². The van der Waals surface area contributed by atoms with Crippen molar-refractivity contribution in [3.05, 3.63) is 41.6 Å². The number of hydrogen-bond donors (Lipinski definition) is 4. The molecule has 4 rings (SSSR count). The van der Waals surface area contributed by atoms with E-state index in [1.54, 1.807) is 7.11 Å². The number of hydrazine groups is 2. The van der Waals surface area contributed by atoms with Crippen LogP contribution in [0.2, 0.25) is 0 Å². The molecule has 4 N–H and O–H groups in total. The number of nitrogens with zero attached hydrogens (tertiary/aromatic N) is 2. The Kier molecular flexibility index (Phi) is 5.94. The van der Waals surface area contributed by atoms with E-state index in [0.29, 0.717) is 23.9 Å². The van der Waals surface area contributed by atoms with Crippen LogP contribution in [0.25, 0.3) is 11.3 Å².